The molecule has 3 aromatic rings. The highest BCUT2D eigenvalue weighted by Crippen LogP contribution is 2.29. The zero-order valence-corrected chi connectivity index (χ0v) is 10.2. The Balaban J connectivity index is 2.33. The Labute approximate surface area is 108 Å². The zero-order valence-electron chi connectivity index (χ0n) is 10.2. The molecule has 0 spiro atoms. The van der Waals surface area contributed by atoms with Crippen molar-refractivity contribution in [1.29, 1.82) is 0 Å². The van der Waals surface area contributed by atoms with Crippen molar-refractivity contribution >= 4 is 17.0 Å². The van der Waals surface area contributed by atoms with E-state index >= 15 is 0 Å². The van der Waals surface area contributed by atoms with Gasteiger partial charge in [0.25, 0.3) is 0 Å². The predicted molar refractivity (Wildman–Crippen MR) is 69.8 cm³/mol. The van der Waals surface area contributed by atoms with Crippen LogP contribution in [0, 0.1) is 5.82 Å². The molecule has 0 fully saturated rings. The first-order valence-corrected chi connectivity index (χ1v) is 5.62. The van der Waals surface area contributed by atoms with E-state index in [2.05, 4.69) is 9.97 Å². The molecular formula is C13H11FN4O. The highest BCUT2D eigenvalue weighted by Gasteiger charge is 2.14. The van der Waals surface area contributed by atoms with Crippen molar-refractivity contribution in [1.82, 2.24) is 14.5 Å². The lowest BCUT2D eigenvalue weighted by molar-refractivity contribution is 0.410. The fourth-order valence-corrected chi connectivity index (χ4v) is 2.04. The maximum absolute atomic E-state index is 13.2. The summed E-state index contributed by atoms with van der Waals surface area (Å²) >= 11 is 0. The Morgan fingerprint density at radius 3 is 2.95 bits per heavy atom. The van der Waals surface area contributed by atoms with Crippen molar-refractivity contribution in [3.8, 4) is 11.4 Å². The van der Waals surface area contributed by atoms with E-state index < -0.39 is 0 Å². The molecule has 5 nitrogen and oxygen atoms in total. The smallest absolute Gasteiger partial charge is 0.206 e. The van der Waals surface area contributed by atoms with Crippen LogP contribution < -0.4 is 10.5 Å². The number of pyridine rings is 1. The van der Waals surface area contributed by atoms with Crippen molar-refractivity contribution < 1.29 is 9.13 Å². The number of rotatable bonds is 2. The number of hydrogen-bond acceptors (Lipinski definition) is 4. The molecule has 2 heterocycles. The molecule has 0 aliphatic rings. The predicted octanol–water partition coefficient (Wildman–Crippen LogP) is 2.15. The summed E-state index contributed by atoms with van der Waals surface area (Å²) in [5.74, 6) is 0.320. The number of ether oxygens (including phenoxy) is 1. The molecule has 0 radical (unpaired) electrons. The molecular weight excluding hydrogens is 247 g/mol. The van der Waals surface area contributed by atoms with Gasteiger partial charge in [-0.25, -0.2) is 9.37 Å². The van der Waals surface area contributed by atoms with E-state index in [-0.39, 0.29) is 5.82 Å². The van der Waals surface area contributed by atoms with Gasteiger partial charge in [-0.15, -0.1) is 0 Å². The molecule has 1 aromatic carbocycles. The van der Waals surface area contributed by atoms with Crippen LogP contribution in [0.2, 0.25) is 0 Å². The van der Waals surface area contributed by atoms with Gasteiger partial charge in [0.15, 0.2) is 0 Å². The Morgan fingerprint density at radius 2 is 2.16 bits per heavy atom. The van der Waals surface area contributed by atoms with Gasteiger partial charge in [0.2, 0.25) is 5.95 Å². The lowest BCUT2D eigenvalue weighted by atomic mass is 10.2. The minimum atomic E-state index is -0.370. The fourth-order valence-electron chi connectivity index (χ4n) is 2.04. The third kappa shape index (κ3) is 1.77. The number of nitrogen functional groups attached to an aromatic ring is 1. The molecule has 3 rings (SSSR count). The molecule has 0 unspecified atom stereocenters. The second kappa shape index (κ2) is 4.24. The number of methoxy groups -OCH3 is 1. The summed E-state index contributed by atoms with van der Waals surface area (Å²) in [5.41, 5.74) is 8.02. The first-order valence-electron chi connectivity index (χ1n) is 5.62. The normalized spacial score (nSPS) is 10.8. The standard InChI is InChI=1S/C13H11FN4O/c1-19-12-6-8(14)2-3-11(12)18-10-4-5-16-7-9(10)17-13(18)15/h2-7H,1H3,(H2,15,17). The molecule has 0 aliphatic carbocycles. The number of fused-ring (bicyclic) bond motifs is 1. The number of hydrogen-bond donors (Lipinski definition) is 1. The summed E-state index contributed by atoms with van der Waals surface area (Å²) in [6, 6.07) is 6.06. The minimum absolute atomic E-state index is 0.299. The van der Waals surface area contributed by atoms with Crippen molar-refractivity contribution in [3.63, 3.8) is 0 Å². The van der Waals surface area contributed by atoms with E-state index in [9.17, 15) is 4.39 Å². The quantitative estimate of drug-likeness (QED) is 0.764. The molecule has 0 atom stereocenters. The lowest BCUT2D eigenvalue weighted by Gasteiger charge is -2.11. The van der Waals surface area contributed by atoms with Gasteiger partial charge >= 0.3 is 0 Å². The third-order valence-electron chi connectivity index (χ3n) is 2.87. The van der Waals surface area contributed by atoms with Gasteiger partial charge in [-0.2, -0.15) is 0 Å². The van der Waals surface area contributed by atoms with Gasteiger partial charge in [-0.1, -0.05) is 0 Å². The summed E-state index contributed by atoms with van der Waals surface area (Å²) in [4.78, 5) is 8.21. The maximum atomic E-state index is 13.2. The van der Waals surface area contributed by atoms with Crippen LogP contribution in [0.5, 0.6) is 5.75 Å². The highest BCUT2D eigenvalue weighted by atomic mass is 19.1. The molecule has 19 heavy (non-hydrogen) atoms. The van der Waals surface area contributed by atoms with E-state index in [1.165, 1.54) is 19.2 Å². The summed E-state index contributed by atoms with van der Waals surface area (Å²) in [6.45, 7) is 0. The molecule has 96 valence electrons. The monoisotopic (exact) mass is 258 g/mol. The van der Waals surface area contributed by atoms with Crippen LogP contribution in [0.3, 0.4) is 0 Å². The Kier molecular flexibility index (Phi) is 2.56. The van der Waals surface area contributed by atoms with Crippen LogP contribution in [0.1, 0.15) is 0 Å². The zero-order chi connectivity index (χ0) is 13.4. The molecule has 0 aliphatic heterocycles. The summed E-state index contributed by atoms with van der Waals surface area (Å²) < 4.78 is 20.1. The molecule has 0 bridgehead atoms. The second-order valence-electron chi connectivity index (χ2n) is 3.99. The number of nitrogens with zero attached hydrogens (tertiary/aromatic N) is 3. The van der Waals surface area contributed by atoms with Crippen molar-refractivity contribution in [2.75, 3.05) is 12.8 Å². The van der Waals surface area contributed by atoms with E-state index in [0.29, 0.717) is 22.9 Å². The van der Waals surface area contributed by atoms with Crippen LogP contribution in [0.4, 0.5) is 10.3 Å². The summed E-state index contributed by atoms with van der Waals surface area (Å²) in [5, 5.41) is 0. The molecule has 2 aromatic heterocycles. The van der Waals surface area contributed by atoms with Crippen molar-refractivity contribution in [2.45, 2.75) is 0 Å². The number of benzene rings is 1. The van der Waals surface area contributed by atoms with Crippen LogP contribution in [0.25, 0.3) is 16.7 Å². The topological polar surface area (TPSA) is 66.0 Å². The number of imidazole rings is 1. The number of aromatic nitrogens is 3. The molecule has 2 N–H and O–H groups in total. The van der Waals surface area contributed by atoms with Gasteiger partial charge in [0, 0.05) is 12.3 Å². The van der Waals surface area contributed by atoms with Gasteiger partial charge in [-0.05, 0) is 18.2 Å². The summed E-state index contributed by atoms with van der Waals surface area (Å²) in [7, 11) is 1.48. The lowest BCUT2D eigenvalue weighted by Crippen LogP contribution is -2.03. The maximum Gasteiger partial charge on any atom is 0.206 e. The van der Waals surface area contributed by atoms with Gasteiger partial charge in [-0.3, -0.25) is 9.55 Å². The first-order chi connectivity index (χ1) is 9.20. The number of anilines is 1. The van der Waals surface area contributed by atoms with Crippen molar-refractivity contribution in [3.05, 3.63) is 42.5 Å². The third-order valence-corrected chi connectivity index (χ3v) is 2.87. The largest absolute Gasteiger partial charge is 0.494 e. The number of nitrogens with two attached hydrogens (primary N) is 1. The van der Waals surface area contributed by atoms with E-state index in [1.54, 1.807) is 29.1 Å². The van der Waals surface area contributed by atoms with E-state index in [0.717, 1.165) is 5.52 Å². The van der Waals surface area contributed by atoms with Crippen LogP contribution in [-0.4, -0.2) is 21.6 Å². The Bertz CT molecular complexity index is 753. The van der Waals surface area contributed by atoms with Gasteiger partial charge < -0.3 is 10.5 Å². The molecule has 0 saturated carbocycles. The first kappa shape index (κ1) is 11.5. The highest BCUT2D eigenvalue weighted by molar-refractivity contribution is 5.80. The Hall–Kier alpha value is -2.63. The molecule has 0 amide bonds. The van der Waals surface area contributed by atoms with Crippen LogP contribution >= 0.6 is 0 Å². The van der Waals surface area contributed by atoms with Gasteiger partial charge in [0.1, 0.15) is 17.1 Å². The van der Waals surface area contributed by atoms with Crippen LogP contribution in [0.15, 0.2) is 36.7 Å². The summed E-state index contributed by atoms with van der Waals surface area (Å²) in [6.07, 6.45) is 3.27. The molecule has 0 saturated heterocycles. The minimum Gasteiger partial charge on any atom is -0.494 e. The van der Waals surface area contributed by atoms with Crippen molar-refractivity contribution in [2.24, 2.45) is 0 Å². The Morgan fingerprint density at radius 1 is 1.32 bits per heavy atom. The van der Waals surface area contributed by atoms with Gasteiger partial charge in [0.05, 0.1) is 24.5 Å². The number of halogens is 1. The average molecular weight is 258 g/mol. The second-order valence-corrected chi connectivity index (χ2v) is 3.99. The average Bonchev–Trinajstić information content (AvgIpc) is 2.74. The fraction of sp³-hybridized carbons (Fsp3) is 0.0769. The van der Waals surface area contributed by atoms with E-state index in [1.807, 2.05) is 0 Å². The SMILES string of the molecule is COc1cc(F)ccc1-n1c(N)nc2cnccc21. The molecule has 6 heteroatoms. The van der Waals surface area contributed by atoms with Crippen LogP contribution in [-0.2, 0) is 0 Å². The van der Waals surface area contributed by atoms with E-state index in [4.69, 9.17) is 10.5 Å².